The van der Waals surface area contributed by atoms with Crippen molar-refractivity contribution < 1.29 is 9.32 Å². The fourth-order valence-corrected chi connectivity index (χ4v) is 2.96. The van der Waals surface area contributed by atoms with Gasteiger partial charge in [-0.25, -0.2) is 0 Å². The molecular formula is C23H25N9O2. The normalized spacial score (nSPS) is 14.0. The van der Waals surface area contributed by atoms with Crippen LogP contribution >= 0.6 is 0 Å². The lowest BCUT2D eigenvalue weighted by molar-refractivity contribution is 0.0947. The molecule has 0 radical (unpaired) electrons. The summed E-state index contributed by atoms with van der Waals surface area (Å²) in [5.41, 5.74) is 13.6. The molecule has 11 nitrogen and oxygen atoms in total. The van der Waals surface area contributed by atoms with E-state index >= 15 is 0 Å². The summed E-state index contributed by atoms with van der Waals surface area (Å²) in [4.78, 5) is 30.5. The molecule has 0 saturated heterocycles. The first-order valence-electron chi connectivity index (χ1n) is 10.7. The number of hydrogen-bond acceptors (Lipinski definition) is 7. The topological polar surface area (TPSA) is 161 Å². The number of aliphatic imine (C=N–C) groups is 2. The molecule has 5 N–H and O–H groups in total. The summed E-state index contributed by atoms with van der Waals surface area (Å²) in [6, 6.07) is 12.8. The van der Waals surface area contributed by atoms with Crippen LogP contribution in [-0.2, 0) is 0 Å². The Balaban J connectivity index is 1.40. The lowest BCUT2D eigenvalue weighted by Crippen LogP contribution is -2.26. The molecule has 1 aliphatic rings. The molecule has 1 fully saturated rings. The Morgan fingerprint density at radius 2 is 1.97 bits per heavy atom. The number of aromatic nitrogens is 3. The molecule has 3 aromatic rings. The minimum Gasteiger partial charge on any atom is -0.380 e. The quantitative estimate of drug-likeness (QED) is 0.340. The number of anilines is 1. The molecule has 0 atom stereocenters. The van der Waals surface area contributed by atoms with Gasteiger partial charge in [0.1, 0.15) is 11.5 Å². The number of carbonyl (C=O) groups excluding carboxylic acids is 1. The van der Waals surface area contributed by atoms with Gasteiger partial charge in [-0.3, -0.25) is 9.78 Å². The maximum absolute atomic E-state index is 12.1. The molecule has 4 rings (SSSR count). The van der Waals surface area contributed by atoms with Crippen molar-refractivity contribution in [3.8, 4) is 11.5 Å². The van der Waals surface area contributed by atoms with Gasteiger partial charge in [0.2, 0.25) is 11.8 Å². The van der Waals surface area contributed by atoms with Crippen molar-refractivity contribution in [2.24, 2.45) is 27.4 Å². The molecule has 174 valence electrons. The van der Waals surface area contributed by atoms with Gasteiger partial charge < -0.3 is 26.2 Å². The van der Waals surface area contributed by atoms with E-state index in [4.69, 9.17) is 16.0 Å². The number of nitrogens with zero attached hydrogens (tertiary/aromatic N) is 6. The fraction of sp³-hybridized carbons (Fsp3) is 0.217. The SMILES string of the molecule is C=C(/N=C(N)\N=C(/N)c1noc(-c2ccc(C(=O)NCC3CC3)nc2)n1)N(C)c1ccccc1. The Morgan fingerprint density at radius 3 is 2.65 bits per heavy atom. The minimum absolute atomic E-state index is 0.0430. The highest BCUT2D eigenvalue weighted by atomic mass is 16.5. The van der Waals surface area contributed by atoms with E-state index in [9.17, 15) is 4.79 Å². The number of nitrogens with two attached hydrogens (primary N) is 2. The third kappa shape index (κ3) is 5.63. The van der Waals surface area contributed by atoms with E-state index in [1.807, 2.05) is 37.4 Å². The van der Waals surface area contributed by atoms with Gasteiger partial charge in [-0.05, 0) is 43.0 Å². The first kappa shape index (κ1) is 22.6. The highest BCUT2D eigenvalue weighted by molar-refractivity contribution is 6.02. The van der Waals surface area contributed by atoms with Crippen molar-refractivity contribution in [3.63, 3.8) is 0 Å². The molecule has 11 heteroatoms. The van der Waals surface area contributed by atoms with Gasteiger partial charge >= 0.3 is 0 Å². The number of rotatable bonds is 8. The number of hydrogen-bond donors (Lipinski definition) is 3. The number of nitrogens with one attached hydrogen (secondary N) is 1. The number of guanidine groups is 1. The monoisotopic (exact) mass is 459 g/mol. The molecular weight excluding hydrogens is 434 g/mol. The second kappa shape index (κ2) is 9.94. The average Bonchev–Trinajstić information content (AvgIpc) is 3.55. The predicted molar refractivity (Wildman–Crippen MR) is 129 cm³/mol. The third-order valence-electron chi connectivity index (χ3n) is 5.16. The molecule has 1 aromatic carbocycles. The molecule has 0 spiro atoms. The van der Waals surface area contributed by atoms with Crippen LogP contribution in [-0.4, -0.2) is 46.4 Å². The van der Waals surface area contributed by atoms with E-state index in [1.165, 1.54) is 6.20 Å². The van der Waals surface area contributed by atoms with Crippen LogP contribution in [0.4, 0.5) is 5.69 Å². The van der Waals surface area contributed by atoms with E-state index in [2.05, 4.69) is 37.0 Å². The van der Waals surface area contributed by atoms with Crippen LogP contribution in [0.5, 0.6) is 0 Å². The molecule has 0 bridgehead atoms. The summed E-state index contributed by atoms with van der Waals surface area (Å²) < 4.78 is 5.25. The van der Waals surface area contributed by atoms with Gasteiger partial charge in [-0.2, -0.15) is 15.0 Å². The molecule has 0 unspecified atom stereocenters. The number of pyridine rings is 1. The Bertz CT molecular complexity index is 1230. The van der Waals surface area contributed by atoms with Crippen molar-refractivity contribution in [2.75, 3.05) is 18.5 Å². The van der Waals surface area contributed by atoms with Crippen molar-refractivity contribution in [1.82, 2.24) is 20.4 Å². The van der Waals surface area contributed by atoms with Crippen molar-refractivity contribution in [3.05, 3.63) is 72.6 Å². The Kier molecular flexibility index (Phi) is 6.62. The largest absolute Gasteiger partial charge is 0.380 e. The molecule has 1 aliphatic carbocycles. The third-order valence-corrected chi connectivity index (χ3v) is 5.16. The smallest absolute Gasteiger partial charge is 0.269 e. The molecule has 2 aromatic heterocycles. The van der Waals surface area contributed by atoms with Gasteiger partial charge in [-0.1, -0.05) is 29.9 Å². The summed E-state index contributed by atoms with van der Waals surface area (Å²) in [5, 5.41) is 6.70. The standard InChI is InChI=1S/C23H25N9O2/c1-14(32(2)17-6-4-3-5-7-17)28-23(25)29-19(24)20-30-22(34-31-20)16-10-11-18(26-13-16)21(33)27-12-15-8-9-15/h3-7,10-11,13,15H,1,8-9,12H2,2H3,(H,27,33)(H4,24,25,28,29). The lowest BCUT2D eigenvalue weighted by atomic mass is 10.2. The minimum atomic E-state index is -0.213. The first-order chi connectivity index (χ1) is 16.4. The van der Waals surface area contributed by atoms with Crippen LogP contribution < -0.4 is 21.7 Å². The molecule has 34 heavy (non-hydrogen) atoms. The molecule has 0 aliphatic heterocycles. The van der Waals surface area contributed by atoms with E-state index in [1.54, 1.807) is 17.0 Å². The average molecular weight is 460 g/mol. The van der Waals surface area contributed by atoms with Gasteiger partial charge in [0.05, 0.1) is 5.56 Å². The highest BCUT2D eigenvalue weighted by Crippen LogP contribution is 2.27. The number of benzene rings is 1. The maximum atomic E-state index is 12.1. The summed E-state index contributed by atoms with van der Waals surface area (Å²) >= 11 is 0. The maximum Gasteiger partial charge on any atom is 0.269 e. The van der Waals surface area contributed by atoms with Crippen LogP contribution in [0.15, 0.2) is 75.6 Å². The van der Waals surface area contributed by atoms with Crippen LogP contribution in [0, 0.1) is 5.92 Å². The van der Waals surface area contributed by atoms with E-state index in [-0.39, 0.29) is 29.4 Å². The van der Waals surface area contributed by atoms with Crippen LogP contribution in [0.1, 0.15) is 29.2 Å². The predicted octanol–water partition coefficient (Wildman–Crippen LogP) is 1.90. The van der Waals surface area contributed by atoms with Gasteiger partial charge in [0.15, 0.2) is 5.84 Å². The molecule has 2 heterocycles. The number of amidine groups is 1. The fourth-order valence-electron chi connectivity index (χ4n) is 2.96. The Labute approximate surface area is 196 Å². The van der Waals surface area contributed by atoms with Gasteiger partial charge in [-0.15, -0.1) is 0 Å². The Morgan fingerprint density at radius 1 is 1.21 bits per heavy atom. The molecule has 1 saturated carbocycles. The highest BCUT2D eigenvalue weighted by Gasteiger charge is 2.22. The number of amides is 1. The van der Waals surface area contributed by atoms with Crippen LogP contribution in [0.25, 0.3) is 11.5 Å². The van der Waals surface area contributed by atoms with E-state index < -0.39 is 0 Å². The lowest BCUT2D eigenvalue weighted by Gasteiger charge is -2.18. The summed E-state index contributed by atoms with van der Waals surface area (Å²) in [5.74, 6) is 0.789. The summed E-state index contributed by atoms with van der Waals surface area (Å²) in [6.07, 6.45) is 3.81. The van der Waals surface area contributed by atoms with E-state index in [0.29, 0.717) is 29.5 Å². The van der Waals surface area contributed by atoms with Crippen molar-refractivity contribution >= 4 is 23.4 Å². The zero-order valence-corrected chi connectivity index (χ0v) is 18.7. The van der Waals surface area contributed by atoms with Gasteiger partial charge in [0.25, 0.3) is 11.8 Å². The summed E-state index contributed by atoms with van der Waals surface area (Å²) in [7, 11) is 1.81. The van der Waals surface area contributed by atoms with Crippen molar-refractivity contribution in [2.45, 2.75) is 12.8 Å². The number of para-hydroxylation sites is 1. The second-order valence-corrected chi connectivity index (χ2v) is 7.79. The number of carbonyl (C=O) groups is 1. The van der Waals surface area contributed by atoms with Gasteiger partial charge in [0, 0.05) is 25.5 Å². The Hall–Kier alpha value is -4.54. The van der Waals surface area contributed by atoms with Crippen molar-refractivity contribution in [1.29, 1.82) is 0 Å². The molecule has 1 amide bonds. The van der Waals surface area contributed by atoms with Crippen LogP contribution in [0.3, 0.4) is 0 Å². The zero-order chi connectivity index (χ0) is 24.1. The zero-order valence-electron chi connectivity index (χ0n) is 18.7. The summed E-state index contributed by atoms with van der Waals surface area (Å²) in [6.45, 7) is 4.58. The second-order valence-electron chi connectivity index (χ2n) is 7.79. The van der Waals surface area contributed by atoms with Crippen LogP contribution in [0.2, 0.25) is 0 Å². The first-order valence-corrected chi connectivity index (χ1v) is 10.7. The van der Waals surface area contributed by atoms with E-state index in [0.717, 1.165) is 18.5 Å².